The van der Waals surface area contributed by atoms with Crippen LogP contribution in [0.5, 0.6) is 0 Å². The largest absolute Gasteiger partial charge is 0.506 e. The van der Waals surface area contributed by atoms with Crippen LogP contribution in [0.2, 0.25) is 10.0 Å². The molecule has 0 unspecified atom stereocenters. The van der Waals surface area contributed by atoms with Crippen molar-refractivity contribution < 1.29 is 14.6 Å². The van der Waals surface area contributed by atoms with E-state index < -0.39 is 5.97 Å². The van der Waals surface area contributed by atoms with Crippen molar-refractivity contribution in [3.63, 3.8) is 0 Å². The number of aliphatic hydroxyl groups is 1. The van der Waals surface area contributed by atoms with Gasteiger partial charge in [0.05, 0.1) is 17.7 Å². The van der Waals surface area contributed by atoms with Crippen LogP contribution in [0.1, 0.15) is 30.9 Å². The molecule has 0 amide bonds. The molecule has 0 atom stereocenters. The second-order valence-electron chi connectivity index (χ2n) is 5.03. The van der Waals surface area contributed by atoms with Crippen molar-refractivity contribution in [1.82, 2.24) is 0 Å². The topological polar surface area (TPSA) is 58.9 Å². The van der Waals surface area contributed by atoms with Gasteiger partial charge >= 0.3 is 5.97 Å². The van der Waals surface area contributed by atoms with Crippen LogP contribution < -0.4 is 0 Å². The van der Waals surface area contributed by atoms with E-state index in [-0.39, 0.29) is 24.0 Å². The average Bonchev–Trinajstić information content (AvgIpc) is 3.29. The van der Waals surface area contributed by atoms with Crippen molar-refractivity contribution in [3.8, 4) is 0 Å². The van der Waals surface area contributed by atoms with Crippen LogP contribution in [0.25, 0.3) is 5.76 Å². The fraction of sp³-hybridized carbons (Fsp3) is 0.375. The molecule has 0 aromatic heterocycles. The summed E-state index contributed by atoms with van der Waals surface area (Å²) < 4.78 is 4.98. The van der Waals surface area contributed by atoms with Crippen molar-refractivity contribution in [2.45, 2.75) is 32.7 Å². The third-order valence-electron chi connectivity index (χ3n) is 3.29. The second-order valence-corrected chi connectivity index (χ2v) is 5.81. The Balaban J connectivity index is 2.47. The van der Waals surface area contributed by atoms with E-state index in [4.69, 9.17) is 27.9 Å². The molecule has 0 radical (unpaired) electrons. The van der Waals surface area contributed by atoms with E-state index in [0.29, 0.717) is 21.2 Å². The Bertz CT molecular complexity index is 649. The van der Waals surface area contributed by atoms with Crippen LogP contribution in [-0.4, -0.2) is 29.9 Å². The molecule has 1 aromatic carbocycles. The maximum atomic E-state index is 12.1. The number of esters is 1. The van der Waals surface area contributed by atoms with Crippen molar-refractivity contribution in [2.75, 3.05) is 6.61 Å². The van der Waals surface area contributed by atoms with Gasteiger partial charge in [-0.1, -0.05) is 23.2 Å². The van der Waals surface area contributed by atoms with Gasteiger partial charge in [-0.3, -0.25) is 4.99 Å². The van der Waals surface area contributed by atoms with Crippen molar-refractivity contribution in [2.24, 2.45) is 4.99 Å². The summed E-state index contributed by atoms with van der Waals surface area (Å²) in [6.45, 7) is 3.65. The number of carbonyl (C=O) groups is 1. The van der Waals surface area contributed by atoms with E-state index >= 15 is 0 Å². The Hall–Kier alpha value is -1.52. The molecular formula is C16H17Cl2NO3. The summed E-state index contributed by atoms with van der Waals surface area (Å²) in [5, 5.41) is 11.3. The Kier molecular flexibility index (Phi) is 5.48. The molecule has 118 valence electrons. The predicted octanol–water partition coefficient (Wildman–Crippen LogP) is 4.37. The van der Waals surface area contributed by atoms with Crippen LogP contribution in [-0.2, 0) is 9.53 Å². The molecule has 1 fully saturated rings. The normalized spacial score (nSPS) is 15.8. The lowest BCUT2D eigenvalue weighted by Crippen LogP contribution is -2.12. The molecular weight excluding hydrogens is 325 g/mol. The zero-order chi connectivity index (χ0) is 16.3. The maximum Gasteiger partial charge on any atom is 0.343 e. The van der Waals surface area contributed by atoms with Crippen LogP contribution in [0.4, 0.5) is 0 Å². The lowest BCUT2D eigenvalue weighted by atomic mass is 10.1. The monoisotopic (exact) mass is 341 g/mol. The van der Waals surface area contributed by atoms with E-state index in [1.807, 2.05) is 0 Å². The van der Waals surface area contributed by atoms with Crippen LogP contribution in [0.3, 0.4) is 0 Å². The van der Waals surface area contributed by atoms with Crippen molar-refractivity contribution in [1.29, 1.82) is 0 Å². The number of hydrogen-bond donors (Lipinski definition) is 1. The van der Waals surface area contributed by atoms with Gasteiger partial charge in [-0.2, -0.15) is 0 Å². The molecule has 0 aliphatic heterocycles. The Morgan fingerprint density at radius 1 is 1.45 bits per heavy atom. The zero-order valence-corrected chi connectivity index (χ0v) is 13.9. The zero-order valence-electron chi connectivity index (χ0n) is 12.4. The van der Waals surface area contributed by atoms with Gasteiger partial charge in [-0.25, -0.2) is 4.79 Å². The van der Waals surface area contributed by atoms with Gasteiger partial charge in [0.2, 0.25) is 0 Å². The molecule has 1 N–H and O–H groups in total. The molecule has 4 nitrogen and oxygen atoms in total. The average molecular weight is 342 g/mol. The molecule has 1 aliphatic rings. The first-order valence-electron chi connectivity index (χ1n) is 7.04. The first-order chi connectivity index (χ1) is 10.5. The standard InChI is InChI=1S/C16H17Cl2NO3/c1-3-22-16(21)12(8-19-10-4-5-10)15(20)11-6-7-13(17)9(2)14(11)18/h6-8,10,20H,3-5H2,1-2H3/b15-12+,19-8?. The fourth-order valence-electron chi connectivity index (χ4n) is 1.81. The van der Waals surface area contributed by atoms with E-state index in [1.54, 1.807) is 26.0 Å². The SMILES string of the molecule is CCOC(=O)/C(C=NC1CC1)=C(/O)c1ccc(Cl)c(C)c1Cl. The number of aliphatic hydroxyl groups excluding tert-OH is 1. The van der Waals surface area contributed by atoms with E-state index in [2.05, 4.69) is 4.99 Å². The van der Waals surface area contributed by atoms with Gasteiger partial charge in [0.1, 0.15) is 11.3 Å². The summed E-state index contributed by atoms with van der Waals surface area (Å²) in [6.07, 6.45) is 3.35. The van der Waals surface area contributed by atoms with Crippen molar-refractivity contribution >= 4 is 41.1 Å². The molecule has 22 heavy (non-hydrogen) atoms. The second kappa shape index (κ2) is 7.16. The summed E-state index contributed by atoms with van der Waals surface area (Å²) in [4.78, 5) is 16.3. The van der Waals surface area contributed by atoms with Gasteiger partial charge in [0.25, 0.3) is 0 Å². The number of benzene rings is 1. The number of ether oxygens (including phenoxy) is 1. The summed E-state index contributed by atoms with van der Waals surface area (Å²) in [7, 11) is 0. The minimum absolute atomic E-state index is 0.00243. The lowest BCUT2D eigenvalue weighted by molar-refractivity contribution is -0.137. The number of hydrogen-bond acceptors (Lipinski definition) is 4. The van der Waals surface area contributed by atoms with E-state index in [0.717, 1.165) is 12.8 Å². The molecule has 1 saturated carbocycles. The molecule has 2 rings (SSSR count). The number of aliphatic imine (C=N–C) groups is 1. The highest BCUT2D eigenvalue weighted by atomic mass is 35.5. The fourth-order valence-corrected chi connectivity index (χ4v) is 2.27. The smallest absolute Gasteiger partial charge is 0.343 e. The maximum absolute atomic E-state index is 12.1. The quantitative estimate of drug-likeness (QED) is 0.374. The van der Waals surface area contributed by atoms with Crippen LogP contribution in [0.15, 0.2) is 22.7 Å². The number of carbonyl (C=O) groups excluding carboxylic acids is 1. The first kappa shape index (κ1) is 16.8. The Morgan fingerprint density at radius 2 is 2.14 bits per heavy atom. The summed E-state index contributed by atoms with van der Waals surface area (Å²) in [5.74, 6) is -0.888. The third kappa shape index (κ3) is 3.81. The van der Waals surface area contributed by atoms with Crippen LogP contribution >= 0.6 is 23.2 Å². The molecule has 0 bridgehead atoms. The lowest BCUT2D eigenvalue weighted by Gasteiger charge is -2.10. The highest BCUT2D eigenvalue weighted by molar-refractivity contribution is 6.37. The van der Waals surface area contributed by atoms with Gasteiger partial charge in [-0.05, 0) is 44.4 Å². The Morgan fingerprint density at radius 3 is 2.73 bits per heavy atom. The Labute approximate surface area is 139 Å². The van der Waals surface area contributed by atoms with Gasteiger partial charge in [0, 0.05) is 16.8 Å². The number of nitrogens with zero attached hydrogens (tertiary/aromatic N) is 1. The summed E-state index contributed by atoms with van der Waals surface area (Å²) in [6, 6.07) is 3.41. The summed E-state index contributed by atoms with van der Waals surface area (Å²) >= 11 is 12.2. The van der Waals surface area contributed by atoms with Gasteiger partial charge in [-0.15, -0.1) is 0 Å². The summed E-state index contributed by atoms with van der Waals surface area (Å²) in [5.41, 5.74) is 0.959. The molecule has 0 heterocycles. The van der Waals surface area contributed by atoms with Crippen LogP contribution in [0, 0.1) is 6.92 Å². The highest BCUT2D eigenvalue weighted by Crippen LogP contribution is 2.32. The minimum Gasteiger partial charge on any atom is -0.506 e. The first-order valence-corrected chi connectivity index (χ1v) is 7.79. The molecule has 1 aromatic rings. The van der Waals surface area contributed by atoms with Gasteiger partial charge in [0.15, 0.2) is 0 Å². The molecule has 0 saturated heterocycles. The molecule has 6 heteroatoms. The molecule has 1 aliphatic carbocycles. The number of halogens is 2. The van der Waals surface area contributed by atoms with Crippen molar-refractivity contribution in [3.05, 3.63) is 38.9 Å². The minimum atomic E-state index is -0.631. The number of rotatable bonds is 5. The van der Waals surface area contributed by atoms with E-state index in [9.17, 15) is 9.90 Å². The van der Waals surface area contributed by atoms with Gasteiger partial charge < -0.3 is 9.84 Å². The third-order valence-corrected chi connectivity index (χ3v) is 4.18. The predicted molar refractivity (Wildman–Crippen MR) is 88.9 cm³/mol. The highest BCUT2D eigenvalue weighted by Gasteiger charge is 2.23. The molecule has 0 spiro atoms. The van der Waals surface area contributed by atoms with E-state index in [1.165, 1.54) is 6.21 Å².